The molecule has 1 aromatic heterocycles. The highest BCUT2D eigenvalue weighted by atomic mass is 35.5. The zero-order valence-corrected chi connectivity index (χ0v) is 20.5. The molecule has 0 unspecified atom stereocenters. The third-order valence-corrected chi connectivity index (χ3v) is 5.69. The van der Waals surface area contributed by atoms with Gasteiger partial charge in [0.2, 0.25) is 5.95 Å². The maximum atomic E-state index is 12.4. The molecule has 0 spiro atoms. The van der Waals surface area contributed by atoms with Gasteiger partial charge in [0.1, 0.15) is 18.2 Å². The molecule has 0 bridgehead atoms. The van der Waals surface area contributed by atoms with Gasteiger partial charge in [-0.2, -0.15) is 10.4 Å². The van der Waals surface area contributed by atoms with Gasteiger partial charge in [-0.05, 0) is 23.8 Å². The first kappa shape index (κ1) is 24.8. The number of H-pyrrole nitrogens is 1. The van der Waals surface area contributed by atoms with Gasteiger partial charge >= 0.3 is 0 Å². The van der Waals surface area contributed by atoms with Crippen LogP contribution in [-0.2, 0) is 6.61 Å². The monoisotopic (exact) mass is 519 g/mol. The molecule has 0 aliphatic rings. The first-order chi connectivity index (χ1) is 17.5. The minimum Gasteiger partial charge on any atom is -0.493 e. The van der Waals surface area contributed by atoms with Crippen molar-refractivity contribution in [2.75, 3.05) is 12.5 Å². The lowest BCUT2D eigenvalue weighted by molar-refractivity contribution is 0.285. The number of ether oxygens (including phenoxy) is 2. The van der Waals surface area contributed by atoms with E-state index in [1.165, 1.54) is 13.3 Å². The van der Waals surface area contributed by atoms with E-state index in [0.717, 1.165) is 5.56 Å². The van der Waals surface area contributed by atoms with Crippen molar-refractivity contribution in [2.24, 2.45) is 5.10 Å². The van der Waals surface area contributed by atoms with E-state index in [2.05, 4.69) is 20.5 Å². The number of aromatic amines is 1. The number of methoxy groups -OCH3 is 1. The van der Waals surface area contributed by atoms with Crippen LogP contribution in [0.3, 0.4) is 0 Å². The van der Waals surface area contributed by atoms with E-state index in [1.807, 2.05) is 30.3 Å². The minimum absolute atomic E-state index is 0.0758. The number of nitriles is 1. The number of anilines is 1. The number of nitrogens with one attached hydrogen (secondary N) is 2. The molecule has 8 nitrogen and oxygen atoms in total. The zero-order chi connectivity index (χ0) is 25.5. The molecule has 0 radical (unpaired) electrons. The van der Waals surface area contributed by atoms with Gasteiger partial charge in [-0.3, -0.25) is 9.78 Å². The van der Waals surface area contributed by atoms with E-state index in [1.54, 1.807) is 42.5 Å². The Morgan fingerprint density at radius 3 is 2.58 bits per heavy atom. The number of rotatable bonds is 8. The summed E-state index contributed by atoms with van der Waals surface area (Å²) in [4.78, 5) is 19.2. The van der Waals surface area contributed by atoms with Crippen molar-refractivity contribution >= 4 is 35.4 Å². The molecule has 1 heterocycles. The standard InChI is InChI=1S/C26H19Cl2N5O3/c1-35-22-12-16(11-21(28)24(22)36-15-18-9-5-6-10-20(18)27)14-30-33-26-31-23(17-7-3-2-4-8-17)19(13-29)25(34)32-26/h2-12,14H,15H2,1H3,(H2,31,32,33,34). The Morgan fingerprint density at radius 1 is 1.11 bits per heavy atom. The average molecular weight is 520 g/mol. The van der Waals surface area contributed by atoms with Gasteiger partial charge in [-0.25, -0.2) is 10.4 Å². The van der Waals surface area contributed by atoms with Gasteiger partial charge in [-0.15, -0.1) is 0 Å². The molecule has 3 aromatic carbocycles. The van der Waals surface area contributed by atoms with Crippen LogP contribution in [0.15, 0.2) is 76.6 Å². The van der Waals surface area contributed by atoms with Crippen LogP contribution >= 0.6 is 23.2 Å². The first-order valence-corrected chi connectivity index (χ1v) is 11.4. The quantitative estimate of drug-likeness (QED) is 0.229. The maximum Gasteiger partial charge on any atom is 0.270 e. The van der Waals surface area contributed by atoms with Crippen LogP contribution in [0.5, 0.6) is 11.5 Å². The van der Waals surface area contributed by atoms with Crippen LogP contribution in [0.2, 0.25) is 10.0 Å². The Bertz CT molecular complexity index is 1510. The summed E-state index contributed by atoms with van der Waals surface area (Å²) in [5.74, 6) is 0.855. The van der Waals surface area contributed by atoms with Crippen molar-refractivity contribution in [1.29, 1.82) is 5.26 Å². The van der Waals surface area contributed by atoms with Crippen LogP contribution in [0.1, 0.15) is 16.7 Å². The molecule has 0 saturated heterocycles. The largest absolute Gasteiger partial charge is 0.493 e. The van der Waals surface area contributed by atoms with Crippen molar-refractivity contribution in [3.63, 3.8) is 0 Å². The lowest BCUT2D eigenvalue weighted by Crippen LogP contribution is -2.16. The van der Waals surface area contributed by atoms with E-state index in [4.69, 9.17) is 32.7 Å². The lowest BCUT2D eigenvalue weighted by Gasteiger charge is -2.14. The van der Waals surface area contributed by atoms with Gasteiger partial charge in [0.05, 0.1) is 24.0 Å². The Kier molecular flexibility index (Phi) is 7.85. The molecule has 0 amide bonds. The van der Waals surface area contributed by atoms with Crippen molar-refractivity contribution in [2.45, 2.75) is 6.61 Å². The highest BCUT2D eigenvalue weighted by molar-refractivity contribution is 6.32. The van der Waals surface area contributed by atoms with Crippen LogP contribution in [0.25, 0.3) is 11.3 Å². The van der Waals surface area contributed by atoms with E-state index in [-0.39, 0.29) is 23.8 Å². The van der Waals surface area contributed by atoms with Gasteiger partial charge in [0.15, 0.2) is 11.5 Å². The second-order valence-corrected chi connectivity index (χ2v) is 8.21. The fourth-order valence-corrected chi connectivity index (χ4v) is 3.79. The van der Waals surface area contributed by atoms with E-state index < -0.39 is 5.56 Å². The SMILES string of the molecule is COc1cc(C=NNc2nc(-c3ccccc3)c(C#N)c(=O)[nH]2)cc(Cl)c1OCc1ccccc1Cl. The molecular weight excluding hydrogens is 501 g/mol. The number of benzene rings is 3. The predicted octanol–water partition coefficient (Wildman–Crippen LogP) is 5.65. The fraction of sp³-hybridized carbons (Fsp3) is 0.0769. The molecule has 4 aromatic rings. The molecule has 0 atom stereocenters. The molecule has 0 fully saturated rings. The summed E-state index contributed by atoms with van der Waals surface area (Å²) in [6.07, 6.45) is 1.48. The topological polar surface area (TPSA) is 112 Å². The summed E-state index contributed by atoms with van der Waals surface area (Å²) < 4.78 is 11.3. The van der Waals surface area contributed by atoms with Crippen LogP contribution < -0.4 is 20.5 Å². The molecule has 10 heteroatoms. The molecule has 0 aliphatic heterocycles. The van der Waals surface area contributed by atoms with Crippen LogP contribution in [0, 0.1) is 11.3 Å². The molecule has 180 valence electrons. The molecule has 4 rings (SSSR count). The third-order valence-electron chi connectivity index (χ3n) is 5.04. The number of halogens is 2. The van der Waals surface area contributed by atoms with E-state index in [0.29, 0.717) is 32.7 Å². The molecular formula is C26H19Cl2N5O3. The van der Waals surface area contributed by atoms with E-state index in [9.17, 15) is 10.1 Å². The highest BCUT2D eigenvalue weighted by Gasteiger charge is 2.14. The fourth-order valence-electron chi connectivity index (χ4n) is 3.32. The van der Waals surface area contributed by atoms with Crippen LogP contribution in [-0.4, -0.2) is 23.3 Å². The normalized spacial score (nSPS) is 10.7. The van der Waals surface area contributed by atoms with Gasteiger partial charge < -0.3 is 9.47 Å². The van der Waals surface area contributed by atoms with Crippen molar-refractivity contribution in [3.8, 4) is 28.8 Å². The summed E-state index contributed by atoms with van der Waals surface area (Å²) in [6.45, 7) is 0.215. The van der Waals surface area contributed by atoms with E-state index >= 15 is 0 Å². The van der Waals surface area contributed by atoms with Gasteiger partial charge in [0, 0.05) is 16.1 Å². The summed E-state index contributed by atoms with van der Waals surface area (Å²) in [5.41, 5.74) is 4.33. The smallest absolute Gasteiger partial charge is 0.270 e. The third kappa shape index (κ3) is 5.66. The number of nitrogens with zero attached hydrogens (tertiary/aromatic N) is 3. The summed E-state index contributed by atoms with van der Waals surface area (Å²) >= 11 is 12.6. The Labute approximate surface area is 216 Å². The first-order valence-electron chi connectivity index (χ1n) is 10.6. The number of hydrogen-bond acceptors (Lipinski definition) is 7. The Morgan fingerprint density at radius 2 is 1.86 bits per heavy atom. The highest BCUT2D eigenvalue weighted by Crippen LogP contribution is 2.37. The molecule has 0 saturated carbocycles. The number of hydrazone groups is 1. The predicted molar refractivity (Wildman–Crippen MR) is 140 cm³/mol. The second kappa shape index (κ2) is 11.4. The lowest BCUT2D eigenvalue weighted by atomic mass is 10.1. The molecule has 0 aliphatic carbocycles. The Balaban J connectivity index is 1.54. The van der Waals surface area contributed by atoms with Crippen molar-refractivity contribution < 1.29 is 9.47 Å². The van der Waals surface area contributed by atoms with Gasteiger partial charge in [-0.1, -0.05) is 71.7 Å². The molecule has 36 heavy (non-hydrogen) atoms. The average Bonchev–Trinajstić information content (AvgIpc) is 2.89. The molecule has 2 N–H and O–H groups in total. The zero-order valence-electron chi connectivity index (χ0n) is 19.0. The van der Waals surface area contributed by atoms with Crippen molar-refractivity contribution in [1.82, 2.24) is 9.97 Å². The Hall–Kier alpha value is -4.32. The second-order valence-electron chi connectivity index (χ2n) is 7.40. The summed E-state index contributed by atoms with van der Waals surface area (Å²) in [7, 11) is 1.50. The number of aromatic nitrogens is 2. The maximum absolute atomic E-state index is 12.4. The van der Waals surface area contributed by atoms with Crippen molar-refractivity contribution in [3.05, 3.63) is 104 Å². The van der Waals surface area contributed by atoms with Crippen LogP contribution in [0.4, 0.5) is 5.95 Å². The number of hydrogen-bond donors (Lipinski definition) is 2. The summed E-state index contributed by atoms with van der Waals surface area (Å²) in [6, 6.07) is 21.6. The minimum atomic E-state index is -0.575. The van der Waals surface area contributed by atoms with Gasteiger partial charge in [0.25, 0.3) is 5.56 Å². The summed E-state index contributed by atoms with van der Waals surface area (Å²) in [5, 5.41) is 14.4.